The summed E-state index contributed by atoms with van der Waals surface area (Å²) in [5.41, 5.74) is 0. The van der Waals surface area contributed by atoms with Crippen LogP contribution in [-0.2, 0) is 11.2 Å². The molecule has 0 saturated heterocycles. The zero-order chi connectivity index (χ0) is 10.4. The Bertz CT molecular complexity index is 256. The fourth-order valence-corrected chi connectivity index (χ4v) is 1.31. The average Bonchev–Trinajstić information content (AvgIpc) is 2.52. The molecule has 1 aromatic heterocycles. The third kappa shape index (κ3) is 3.43. The number of likely N-dealkylation sites (N-methyl/N-ethyl adjacent to an activating group) is 1. The molecular formula is C9H17N3O2. The molecule has 0 aliphatic heterocycles. The number of methoxy groups -OCH3 is 1. The van der Waals surface area contributed by atoms with Crippen molar-refractivity contribution in [2.45, 2.75) is 26.3 Å². The van der Waals surface area contributed by atoms with Crippen molar-refractivity contribution in [2.75, 3.05) is 20.3 Å². The van der Waals surface area contributed by atoms with Crippen molar-refractivity contribution in [3.05, 3.63) is 11.7 Å². The molecule has 1 atom stereocenters. The van der Waals surface area contributed by atoms with Gasteiger partial charge in [-0.2, -0.15) is 4.98 Å². The molecule has 5 nitrogen and oxygen atoms in total. The second-order valence-electron chi connectivity index (χ2n) is 3.15. The maximum absolute atomic E-state index is 5.08. The maximum Gasteiger partial charge on any atom is 0.228 e. The van der Waals surface area contributed by atoms with Crippen LogP contribution >= 0.6 is 0 Å². The van der Waals surface area contributed by atoms with Crippen LogP contribution in [0.4, 0.5) is 0 Å². The standard InChI is InChI=1S/C9H17N3O2/c1-4-10-8(6-13-3)5-9-11-7(2)12-14-9/h8,10H,4-6H2,1-3H3. The van der Waals surface area contributed by atoms with Crippen LogP contribution in [0.15, 0.2) is 4.52 Å². The summed E-state index contributed by atoms with van der Waals surface area (Å²) in [5.74, 6) is 1.33. The van der Waals surface area contributed by atoms with Crippen LogP contribution in [-0.4, -0.2) is 36.4 Å². The molecule has 1 rings (SSSR count). The Morgan fingerprint density at radius 1 is 1.57 bits per heavy atom. The number of aromatic nitrogens is 2. The van der Waals surface area contributed by atoms with Crippen LogP contribution in [0.25, 0.3) is 0 Å². The van der Waals surface area contributed by atoms with E-state index in [1.165, 1.54) is 0 Å². The monoisotopic (exact) mass is 199 g/mol. The molecule has 80 valence electrons. The van der Waals surface area contributed by atoms with E-state index in [-0.39, 0.29) is 6.04 Å². The van der Waals surface area contributed by atoms with Gasteiger partial charge >= 0.3 is 0 Å². The van der Waals surface area contributed by atoms with Gasteiger partial charge in [-0.1, -0.05) is 12.1 Å². The first-order valence-corrected chi connectivity index (χ1v) is 4.77. The van der Waals surface area contributed by atoms with E-state index in [0.717, 1.165) is 6.54 Å². The lowest BCUT2D eigenvalue weighted by Crippen LogP contribution is -2.35. The highest BCUT2D eigenvalue weighted by molar-refractivity contribution is 4.87. The SMILES string of the molecule is CCNC(COC)Cc1nc(C)no1. The predicted octanol–water partition coefficient (Wildman–Crippen LogP) is 0.545. The van der Waals surface area contributed by atoms with Gasteiger partial charge in [0.25, 0.3) is 0 Å². The largest absolute Gasteiger partial charge is 0.383 e. The Labute approximate surface area is 83.8 Å². The molecule has 0 fully saturated rings. The van der Waals surface area contributed by atoms with Crippen LogP contribution < -0.4 is 5.32 Å². The molecule has 0 aliphatic carbocycles. The number of nitrogens with one attached hydrogen (secondary N) is 1. The third-order valence-electron chi connectivity index (χ3n) is 1.85. The molecule has 1 heterocycles. The van der Waals surface area contributed by atoms with Gasteiger partial charge in [-0.05, 0) is 13.5 Å². The minimum Gasteiger partial charge on any atom is -0.383 e. The lowest BCUT2D eigenvalue weighted by Gasteiger charge is -2.14. The number of aryl methyl sites for hydroxylation is 1. The van der Waals surface area contributed by atoms with Crippen molar-refractivity contribution in [3.8, 4) is 0 Å². The van der Waals surface area contributed by atoms with E-state index in [1.807, 2.05) is 6.92 Å². The summed E-state index contributed by atoms with van der Waals surface area (Å²) in [6.07, 6.45) is 0.711. The molecule has 0 spiro atoms. The van der Waals surface area contributed by atoms with Gasteiger partial charge < -0.3 is 14.6 Å². The van der Waals surface area contributed by atoms with Crippen molar-refractivity contribution in [2.24, 2.45) is 0 Å². The second-order valence-corrected chi connectivity index (χ2v) is 3.15. The fourth-order valence-electron chi connectivity index (χ4n) is 1.31. The summed E-state index contributed by atoms with van der Waals surface area (Å²) in [7, 11) is 1.68. The van der Waals surface area contributed by atoms with Gasteiger partial charge in [-0.15, -0.1) is 0 Å². The molecule has 1 N–H and O–H groups in total. The summed E-state index contributed by atoms with van der Waals surface area (Å²) >= 11 is 0. The minimum absolute atomic E-state index is 0.241. The Kier molecular flexibility index (Phi) is 4.55. The van der Waals surface area contributed by atoms with E-state index < -0.39 is 0 Å². The minimum atomic E-state index is 0.241. The second kappa shape index (κ2) is 5.72. The zero-order valence-corrected chi connectivity index (χ0v) is 8.91. The van der Waals surface area contributed by atoms with E-state index in [4.69, 9.17) is 9.26 Å². The van der Waals surface area contributed by atoms with Crippen LogP contribution in [0.3, 0.4) is 0 Å². The number of hydrogen-bond acceptors (Lipinski definition) is 5. The van der Waals surface area contributed by atoms with E-state index in [0.29, 0.717) is 24.7 Å². The average molecular weight is 199 g/mol. The van der Waals surface area contributed by atoms with Crippen LogP contribution in [0.5, 0.6) is 0 Å². The molecule has 1 unspecified atom stereocenters. The Balaban J connectivity index is 2.46. The van der Waals surface area contributed by atoms with Crippen LogP contribution in [0.2, 0.25) is 0 Å². The quantitative estimate of drug-likeness (QED) is 0.724. The number of hydrogen-bond donors (Lipinski definition) is 1. The molecular weight excluding hydrogens is 182 g/mol. The van der Waals surface area contributed by atoms with Crippen molar-refractivity contribution >= 4 is 0 Å². The molecule has 0 aromatic carbocycles. The molecule has 1 aromatic rings. The number of rotatable bonds is 6. The van der Waals surface area contributed by atoms with Gasteiger partial charge in [0.2, 0.25) is 5.89 Å². The summed E-state index contributed by atoms with van der Waals surface area (Å²) in [6.45, 7) is 5.42. The van der Waals surface area contributed by atoms with Gasteiger partial charge in [0.15, 0.2) is 5.82 Å². The van der Waals surface area contributed by atoms with Crippen molar-refractivity contribution in [3.63, 3.8) is 0 Å². The zero-order valence-electron chi connectivity index (χ0n) is 8.91. The lowest BCUT2D eigenvalue weighted by atomic mass is 10.2. The van der Waals surface area contributed by atoms with Gasteiger partial charge in [0.1, 0.15) is 0 Å². The first-order valence-electron chi connectivity index (χ1n) is 4.77. The molecule has 14 heavy (non-hydrogen) atoms. The van der Waals surface area contributed by atoms with Gasteiger partial charge in [-0.25, -0.2) is 0 Å². The summed E-state index contributed by atoms with van der Waals surface area (Å²) < 4.78 is 10.1. The molecule has 0 aliphatic rings. The smallest absolute Gasteiger partial charge is 0.228 e. The highest BCUT2D eigenvalue weighted by atomic mass is 16.5. The van der Waals surface area contributed by atoms with Crippen LogP contribution in [0, 0.1) is 6.92 Å². The van der Waals surface area contributed by atoms with E-state index in [2.05, 4.69) is 22.4 Å². The number of ether oxygens (including phenoxy) is 1. The van der Waals surface area contributed by atoms with Gasteiger partial charge in [0, 0.05) is 19.6 Å². The summed E-state index contributed by atoms with van der Waals surface area (Å²) in [5, 5.41) is 7.02. The first kappa shape index (κ1) is 11.1. The van der Waals surface area contributed by atoms with Gasteiger partial charge in [0.05, 0.1) is 6.61 Å². The molecule has 5 heteroatoms. The summed E-state index contributed by atoms with van der Waals surface area (Å²) in [4.78, 5) is 4.14. The van der Waals surface area contributed by atoms with E-state index >= 15 is 0 Å². The Hall–Kier alpha value is -0.940. The first-order chi connectivity index (χ1) is 6.76. The fraction of sp³-hybridized carbons (Fsp3) is 0.778. The van der Waals surface area contributed by atoms with Crippen molar-refractivity contribution < 1.29 is 9.26 Å². The topological polar surface area (TPSA) is 60.2 Å². The lowest BCUT2D eigenvalue weighted by molar-refractivity contribution is 0.162. The predicted molar refractivity (Wildman–Crippen MR) is 52.1 cm³/mol. The molecule has 0 saturated carbocycles. The maximum atomic E-state index is 5.08. The molecule has 0 bridgehead atoms. The van der Waals surface area contributed by atoms with Crippen molar-refractivity contribution in [1.82, 2.24) is 15.5 Å². The van der Waals surface area contributed by atoms with E-state index in [1.54, 1.807) is 7.11 Å². The summed E-state index contributed by atoms with van der Waals surface area (Å²) in [6, 6.07) is 0.241. The Morgan fingerprint density at radius 3 is 2.86 bits per heavy atom. The number of nitrogens with zero attached hydrogens (tertiary/aromatic N) is 2. The van der Waals surface area contributed by atoms with Crippen LogP contribution in [0.1, 0.15) is 18.6 Å². The Morgan fingerprint density at radius 2 is 2.36 bits per heavy atom. The van der Waals surface area contributed by atoms with E-state index in [9.17, 15) is 0 Å². The normalized spacial score (nSPS) is 13.1. The third-order valence-corrected chi connectivity index (χ3v) is 1.85. The highest BCUT2D eigenvalue weighted by Gasteiger charge is 2.12. The van der Waals surface area contributed by atoms with Gasteiger partial charge in [-0.3, -0.25) is 0 Å². The van der Waals surface area contributed by atoms with Crippen molar-refractivity contribution in [1.29, 1.82) is 0 Å². The highest BCUT2D eigenvalue weighted by Crippen LogP contribution is 2.01. The molecule has 0 radical (unpaired) electrons. The molecule has 0 amide bonds.